The maximum absolute atomic E-state index is 5.92. The predicted molar refractivity (Wildman–Crippen MR) is 81.8 cm³/mol. The number of halogens is 1. The van der Waals surface area contributed by atoms with Gasteiger partial charge >= 0.3 is 0 Å². The van der Waals surface area contributed by atoms with E-state index >= 15 is 0 Å². The highest BCUT2D eigenvalue weighted by molar-refractivity contribution is 7.99. The smallest absolute Gasteiger partial charge is 0.191 e. The summed E-state index contributed by atoms with van der Waals surface area (Å²) in [4.78, 5) is 0. The number of rotatable bonds is 5. The molecule has 5 heteroatoms. The number of nitrogens with zero attached hydrogens (tertiary/aromatic N) is 3. The van der Waals surface area contributed by atoms with E-state index in [2.05, 4.69) is 35.5 Å². The number of benzene rings is 1. The molecule has 3 nitrogen and oxygen atoms in total. The summed E-state index contributed by atoms with van der Waals surface area (Å²) in [6.45, 7) is 7.37. The standard InChI is InChI=1S/C14H18ClN3S/c1-4-10(3)19-14-17-16-13(18(14)5-2)11-6-8-12(15)9-7-11/h6-10H,4-5H2,1-3H3. The molecular formula is C14H18ClN3S. The molecule has 102 valence electrons. The topological polar surface area (TPSA) is 30.7 Å². The Morgan fingerprint density at radius 2 is 1.89 bits per heavy atom. The van der Waals surface area contributed by atoms with Crippen LogP contribution in [0.4, 0.5) is 0 Å². The molecule has 2 rings (SSSR count). The third-order valence-electron chi connectivity index (χ3n) is 3.02. The molecule has 19 heavy (non-hydrogen) atoms. The largest absolute Gasteiger partial charge is 0.302 e. The first-order valence-electron chi connectivity index (χ1n) is 6.51. The van der Waals surface area contributed by atoms with Crippen LogP contribution in [0.2, 0.25) is 5.02 Å². The highest BCUT2D eigenvalue weighted by Crippen LogP contribution is 2.28. The predicted octanol–water partition coefficient (Wildman–Crippen LogP) is 4.51. The van der Waals surface area contributed by atoms with Gasteiger partial charge in [-0.05, 0) is 37.6 Å². The van der Waals surface area contributed by atoms with Crippen LogP contribution in [0.1, 0.15) is 27.2 Å². The van der Waals surface area contributed by atoms with Crippen LogP contribution in [0.25, 0.3) is 11.4 Å². The van der Waals surface area contributed by atoms with Crippen LogP contribution in [0.3, 0.4) is 0 Å². The third-order valence-corrected chi connectivity index (χ3v) is 4.52. The maximum Gasteiger partial charge on any atom is 0.191 e. The number of hydrogen-bond donors (Lipinski definition) is 0. The lowest BCUT2D eigenvalue weighted by Crippen LogP contribution is -2.02. The summed E-state index contributed by atoms with van der Waals surface area (Å²) in [5, 5.41) is 10.9. The van der Waals surface area contributed by atoms with Crippen LogP contribution in [0.15, 0.2) is 29.4 Å². The summed E-state index contributed by atoms with van der Waals surface area (Å²) < 4.78 is 2.15. The van der Waals surface area contributed by atoms with Crippen LogP contribution >= 0.6 is 23.4 Å². The highest BCUT2D eigenvalue weighted by Gasteiger charge is 2.14. The molecule has 0 radical (unpaired) electrons. The minimum absolute atomic E-state index is 0.549. The Labute approximate surface area is 123 Å². The zero-order chi connectivity index (χ0) is 13.8. The van der Waals surface area contributed by atoms with Crippen molar-refractivity contribution in [3.63, 3.8) is 0 Å². The molecular weight excluding hydrogens is 278 g/mol. The van der Waals surface area contributed by atoms with Crippen molar-refractivity contribution in [3.8, 4) is 11.4 Å². The van der Waals surface area contributed by atoms with Gasteiger partial charge in [-0.1, -0.05) is 37.2 Å². The maximum atomic E-state index is 5.92. The first-order valence-corrected chi connectivity index (χ1v) is 7.77. The van der Waals surface area contributed by atoms with Gasteiger partial charge in [-0.15, -0.1) is 10.2 Å². The minimum atomic E-state index is 0.549. The van der Waals surface area contributed by atoms with E-state index in [4.69, 9.17) is 11.6 Å². The monoisotopic (exact) mass is 295 g/mol. The van der Waals surface area contributed by atoms with E-state index < -0.39 is 0 Å². The molecule has 0 spiro atoms. The number of hydrogen-bond acceptors (Lipinski definition) is 3. The van der Waals surface area contributed by atoms with Crippen molar-refractivity contribution in [1.29, 1.82) is 0 Å². The Hall–Kier alpha value is -1.00. The zero-order valence-corrected chi connectivity index (χ0v) is 13.0. The Morgan fingerprint density at radius 3 is 2.47 bits per heavy atom. The Balaban J connectivity index is 2.34. The molecule has 0 fully saturated rings. The summed E-state index contributed by atoms with van der Waals surface area (Å²) in [6, 6.07) is 7.73. The first kappa shape index (κ1) is 14.4. The van der Waals surface area contributed by atoms with Gasteiger partial charge in [0.2, 0.25) is 0 Å². The van der Waals surface area contributed by atoms with E-state index in [0.717, 1.165) is 34.5 Å². The first-order chi connectivity index (χ1) is 9.15. The molecule has 0 amide bonds. The van der Waals surface area contributed by atoms with Gasteiger partial charge < -0.3 is 4.57 Å². The summed E-state index contributed by atoms with van der Waals surface area (Å²) in [5.74, 6) is 0.907. The average Bonchev–Trinajstić information content (AvgIpc) is 2.82. The summed E-state index contributed by atoms with van der Waals surface area (Å²) in [7, 11) is 0. The van der Waals surface area contributed by atoms with E-state index in [9.17, 15) is 0 Å². The van der Waals surface area contributed by atoms with Crippen molar-refractivity contribution >= 4 is 23.4 Å². The molecule has 0 saturated carbocycles. The van der Waals surface area contributed by atoms with Crippen LogP contribution in [-0.2, 0) is 6.54 Å². The number of thioether (sulfide) groups is 1. The third kappa shape index (κ3) is 3.31. The average molecular weight is 296 g/mol. The molecule has 0 aliphatic carbocycles. The van der Waals surface area contributed by atoms with Crippen molar-refractivity contribution in [2.45, 2.75) is 44.1 Å². The van der Waals surface area contributed by atoms with Gasteiger partial charge in [0.05, 0.1) is 0 Å². The van der Waals surface area contributed by atoms with Crippen molar-refractivity contribution in [3.05, 3.63) is 29.3 Å². The van der Waals surface area contributed by atoms with Crippen LogP contribution in [0, 0.1) is 0 Å². The second kappa shape index (κ2) is 6.44. The molecule has 1 aromatic carbocycles. The molecule has 0 aliphatic heterocycles. The fourth-order valence-corrected chi connectivity index (χ4v) is 2.82. The lowest BCUT2D eigenvalue weighted by molar-refractivity contribution is 0.684. The van der Waals surface area contributed by atoms with Gasteiger partial charge in [-0.25, -0.2) is 0 Å². The quantitative estimate of drug-likeness (QED) is 0.760. The highest BCUT2D eigenvalue weighted by atomic mass is 35.5. The van der Waals surface area contributed by atoms with E-state index in [1.54, 1.807) is 11.8 Å². The van der Waals surface area contributed by atoms with Crippen LogP contribution < -0.4 is 0 Å². The van der Waals surface area contributed by atoms with Gasteiger partial charge in [0, 0.05) is 22.4 Å². The summed E-state index contributed by atoms with van der Waals surface area (Å²) in [6.07, 6.45) is 1.12. The van der Waals surface area contributed by atoms with Crippen LogP contribution in [-0.4, -0.2) is 20.0 Å². The zero-order valence-electron chi connectivity index (χ0n) is 11.4. The lowest BCUT2D eigenvalue weighted by Gasteiger charge is -2.10. The SMILES string of the molecule is CCC(C)Sc1nnc(-c2ccc(Cl)cc2)n1CC. The molecule has 0 aliphatic rings. The normalized spacial score (nSPS) is 12.6. The van der Waals surface area contributed by atoms with Gasteiger partial charge in [0.25, 0.3) is 0 Å². The van der Waals surface area contributed by atoms with E-state index in [0.29, 0.717) is 5.25 Å². The van der Waals surface area contributed by atoms with E-state index in [1.165, 1.54) is 0 Å². The lowest BCUT2D eigenvalue weighted by atomic mass is 10.2. The fourth-order valence-electron chi connectivity index (χ4n) is 1.74. The molecule has 1 unspecified atom stereocenters. The van der Waals surface area contributed by atoms with Gasteiger partial charge in [-0.2, -0.15) is 0 Å². The second-order valence-corrected chi connectivity index (χ2v) is 6.24. The van der Waals surface area contributed by atoms with Crippen molar-refractivity contribution in [2.75, 3.05) is 0 Å². The Kier molecular flexibility index (Phi) is 4.88. The number of aromatic nitrogens is 3. The summed E-state index contributed by atoms with van der Waals surface area (Å²) >= 11 is 7.70. The minimum Gasteiger partial charge on any atom is -0.302 e. The molecule has 1 aromatic heterocycles. The van der Waals surface area contributed by atoms with Crippen LogP contribution in [0.5, 0.6) is 0 Å². The van der Waals surface area contributed by atoms with Crippen molar-refractivity contribution in [2.24, 2.45) is 0 Å². The fraction of sp³-hybridized carbons (Fsp3) is 0.429. The summed E-state index contributed by atoms with van der Waals surface area (Å²) in [5.41, 5.74) is 1.05. The van der Waals surface area contributed by atoms with Crippen molar-refractivity contribution in [1.82, 2.24) is 14.8 Å². The Morgan fingerprint density at radius 1 is 1.21 bits per heavy atom. The molecule has 0 bridgehead atoms. The Bertz CT molecular complexity index is 536. The van der Waals surface area contributed by atoms with E-state index in [1.807, 2.05) is 24.3 Å². The second-order valence-electron chi connectivity index (χ2n) is 4.39. The molecule has 0 N–H and O–H groups in total. The van der Waals surface area contributed by atoms with Gasteiger partial charge in [0.15, 0.2) is 11.0 Å². The van der Waals surface area contributed by atoms with Gasteiger partial charge in [0.1, 0.15) is 0 Å². The van der Waals surface area contributed by atoms with Gasteiger partial charge in [-0.3, -0.25) is 0 Å². The molecule has 2 aromatic rings. The molecule has 1 atom stereocenters. The molecule has 0 saturated heterocycles. The van der Waals surface area contributed by atoms with Crippen molar-refractivity contribution < 1.29 is 0 Å². The van der Waals surface area contributed by atoms with E-state index in [-0.39, 0.29) is 0 Å². The molecule has 1 heterocycles.